The molecule has 1 aromatic heterocycles. The number of hydrogen-bond donors (Lipinski definition) is 2. The zero-order valence-corrected chi connectivity index (χ0v) is 17.4. The van der Waals surface area contributed by atoms with Gasteiger partial charge in [-0.3, -0.25) is 9.78 Å². The number of pyridine rings is 1. The molecule has 3 rings (SSSR count). The van der Waals surface area contributed by atoms with Gasteiger partial charge in [-0.25, -0.2) is 4.79 Å². The van der Waals surface area contributed by atoms with Crippen molar-refractivity contribution in [3.8, 4) is 5.75 Å². The first-order chi connectivity index (χ1) is 14.3. The molecule has 0 bridgehead atoms. The lowest BCUT2D eigenvalue weighted by atomic mass is 10.0. The molecule has 30 heavy (non-hydrogen) atoms. The average Bonchev–Trinajstić information content (AvgIpc) is 2.72. The second-order valence-electron chi connectivity index (χ2n) is 7.85. The summed E-state index contributed by atoms with van der Waals surface area (Å²) in [5, 5.41) is 12.7. The van der Waals surface area contributed by atoms with Crippen molar-refractivity contribution in [1.29, 1.82) is 0 Å². The number of nitrogens with one attached hydrogen (secondary N) is 1. The smallest absolute Gasteiger partial charge is 0.328 e. The Labute approximate surface area is 175 Å². The fourth-order valence-electron chi connectivity index (χ4n) is 3.10. The zero-order chi connectivity index (χ0) is 21.7. The highest BCUT2D eigenvalue weighted by Gasteiger charge is 2.31. The van der Waals surface area contributed by atoms with Crippen LogP contribution in [0.3, 0.4) is 0 Å². The molecule has 2 N–H and O–H groups in total. The van der Waals surface area contributed by atoms with Crippen molar-refractivity contribution in [3.05, 3.63) is 71.9 Å². The summed E-state index contributed by atoms with van der Waals surface area (Å²) >= 11 is 0. The van der Waals surface area contributed by atoms with Crippen molar-refractivity contribution in [3.63, 3.8) is 0 Å². The maximum Gasteiger partial charge on any atom is 0.328 e. The first kappa shape index (κ1) is 21.3. The minimum atomic E-state index is -1.41. The van der Waals surface area contributed by atoms with Crippen molar-refractivity contribution >= 4 is 22.8 Å². The summed E-state index contributed by atoms with van der Waals surface area (Å²) < 4.78 is 6.21. The van der Waals surface area contributed by atoms with Crippen molar-refractivity contribution in [2.45, 2.75) is 45.3 Å². The van der Waals surface area contributed by atoms with Crippen LogP contribution in [0.1, 0.15) is 43.1 Å². The maximum atomic E-state index is 12.9. The molecule has 156 valence electrons. The average molecular weight is 406 g/mol. The number of rotatable bonds is 8. The van der Waals surface area contributed by atoms with Gasteiger partial charge in [0.15, 0.2) is 5.75 Å². The minimum absolute atomic E-state index is 0.170. The number of ether oxygens (including phenoxy) is 1. The highest BCUT2D eigenvalue weighted by Crippen LogP contribution is 2.30. The molecular weight excluding hydrogens is 380 g/mol. The van der Waals surface area contributed by atoms with Crippen LogP contribution in [0.2, 0.25) is 0 Å². The summed E-state index contributed by atoms with van der Waals surface area (Å²) in [7, 11) is 0. The van der Waals surface area contributed by atoms with Crippen LogP contribution in [0.4, 0.5) is 0 Å². The molecule has 2 aromatic carbocycles. The monoisotopic (exact) mass is 406 g/mol. The summed E-state index contributed by atoms with van der Waals surface area (Å²) in [6.45, 7) is 4.83. The number of carbonyl (C=O) groups is 2. The number of benzene rings is 2. The highest BCUT2D eigenvalue weighted by atomic mass is 16.5. The van der Waals surface area contributed by atoms with Crippen molar-refractivity contribution < 1.29 is 19.4 Å². The molecule has 6 nitrogen and oxygen atoms in total. The van der Waals surface area contributed by atoms with Crippen LogP contribution in [0.5, 0.6) is 5.75 Å². The topological polar surface area (TPSA) is 88.5 Å². The van der Waals surface area contributed by atoms with Crippen LogP contribution in [0.15, 0.2) is 60.8 Å². The second kappa shape index (κ2) is 8.95. The molecule has 0 aliphatic rings. The number of aryl methyl sites for hydroxylation is 1. The largest absolute Gasteiger partial charge is 0.488 e. The number of aliphatic carboxylic acids is 1. The normalized spacial score (nSPS) is 12.4. The van der Waals surface area contributed by atoms with E-state index in [1.807, 2.05) is 37.3 Å². The molecule has 0 fully saturated rings. The second-order valence-corrected chi connectivity index (χ2v) is 7.85. The highest BCUT2D eigenvalue weighted by molar-refractivity contribution is 6.04. The number of carbonyl (C=O) groups excluding carboxylic acids is 1. The van der Waals surface area contributed by atoms with Crippen molar-refractivity contribution in [1.82, 2.24) is 10.3 Å². The molecule has 1 atom stereocenters. The van der Waals surface area contributed by atoms with Gasteiger partial charge in [0, 0.05) is 11.6 Å². The molecule has 0 spiro atoms. The Bertz CT molecular complexity index is 1050. The molecule has 0 aliphatic carbocycles. The van der Waals surface area contributed by atoms with E-state index in [0.29, 0.717) is 11.3 Å². The number of amides is 1. The predicted octanol–water partition coefficient (Wildman–Crippen LogP) is 4.23. The van der Waals surface area contributed by atoms with Gasteiger partial charge in [-0.1, -0.05) is 42.5 Å². The molecule has 0 aliphatic heterocycles. The Morgan fingerprint density at radius 3 is 2.53 bits per heavy atom. The third-order valence-corrected chi connectivity index (χ3v) is 4.93. The lowest BCUT2D eigenvalue weighted by molar-refractivity contribution is -0.143. The maximum absolute atomic E-state index is 12.9. The molecule has 0 saturated carbocycles. The number of fused-ring (bicyclic) bond motifs is 1. The van der Waals surface area contributed by atoms with Crippen LogP contribution in [0, 0.1) is 0 Å². The first-order valence-corrected chi connectivity index (χ1v) is 9.92. The Balaban J connectivity index is 1.88. The first-order valence-electron chi connectivity index (χ1n) is 9.92. The summed E-state index contributed by atoms with van der Waals surface area (Å²) in [6, 6.07) is 17.3. The van der Waals surface area contributed by atoms with Gasteiger partial charge < -0.3 is 15.2 Å². The lowest BCUT2D eigenvalue weighted by Crippen LogP contribution is -2.49. The number of carboxylic acids is 1. The Kier molecular flexibility index (Phi) is 6.35. The van der Waals surface area contributed by atoms with Gasteiger partial charge in [0.25, 0.3) is 5.91 Å². The van der Waals surface area contributed by atoms with Gasteiger partial charge in [0.1, 0.15) is 11.1 Å². The van der Waals surface area contributed by atoms with Gasteiger partial charge in [0.2, 0.25) is 0 Å². The van der Waals surface area contributed by atoms with E-state index in [1.54, 1.807) is 18.3 Å². The van der Waals surface area contributed by atoms with Crippen LogP contribution in [-0.4, -0.2) is 33.6 Å². The van der Waals surface area contributed by atoms with Gasteiger partial charge in [0.05, 0.1) is 11.7 Å². The Morgan fingerprint density at radius 1 is 1.10 bits per heavy atom. The summed E-state index contributed by atoms with van der Waals surface area (Å²) in [4.78, 5) is 28.7. The molecule has 1 unspecified atom stereocenters. The van der Waals surface area contributed by atoms with E-state index in [2.05, 4.69) is 22.4 Å². The molecule has 0 radical (unpaired) electrons. The van der Waals surface area contributed by atoms with Crippen molar-refractivity contribution in [2.24, 2.45) is 0 Å². The van der Waals surface area contributed by atoms with Crippen LogP contribution in [-0.2, 0) is 11.2 Å². The van der Waals surface area contributed by atoms with E-state index < -0.39 is 17.4 Å². The molecular formula is C24H26N2O4. The predicted molar refractivity (Wildman–Crippen MR) is 116 cm³/mol. The van der Waals surface area contributed by atoms with Gasteiger partial charge in [-0.2, -0.15) is 0 Å². The van der Waals surface area contributed by atoms with Crippen LogP contribution >= 0.6 is 0 Å². The fourth-order valence-corrected chi connectivity index (χ4v) is 3.10. The zero-order valence-electron chi connectivity index (χ0n) is 17.4. The fraction of sp³-hybridized carbons (Fsp3) is 0.292. The standard InChI is InChI=1S/C24H26N2O4/c1-16(11-12-17-8-5-4-6-9-17)30-21-19(22(27)26-24(2,3)23(28)29)14-13-18-10-7-15-25-20(18)21/h4-10,13-16H,11-12H2,1-3H3,(H,26,27)(H,28,29). The summed E-state index contributed by atoms with van der Waals surface area (Å²) in [6.07, 6.45) is 3.08. The van der Waals surface area contributed by atoms with E-state index >= 15 is 0 Å². The quantitative estimate of drug-likeness (QED) is 0.584. The third-order valence-electron chi connectivity index (χ3n) is 4.93. The summed E-state index contributed by atoms with van der Waals surface area (Å²) in [5.41, 5.74) is 0.643. The third kappa shape index (κ3) is 4.95. The van der Waals surface area contributed by atoms with Gasteiger partial charge in [-0.15, -0.1) is 0 Å². The lowest BCUT2D eigenvalue weighted by Gasteiger charge is -2.23. The Morgan fingerprint density at radius 2 is 1.83 bits per heavy atom. The van der Waals surface area contributed by atoms with E-state index in [9.17, 15) is 14.7 Å². The van der Waals surface area contributed by atoms with E-state index in [0.717, 1.165) is 18.2 Å². The molecule has 0 saturated heterocycles. The summed E-state index contributed by atoms with van der Waals surface area (Å²) in [5.74, 6) is -1.26. The number of carboxylic acid groups (broad SMARTS) is 1. The van der Waals surface area contributed by atoms with E-state index in [4.69, 9.17) is 4.74 Å². The van der Waals surface area contributed by atoms with E-state index in [1.165, 1.54) is 19.4 Å². The number of hydrogen-bond acceptors (Lipinski definition) is 4. The van der Waals surface area contributed by atoms with Crippen LogP contribution < -0.4 is 10.1 Å². The molecule has 3 aromatic rings. The SMILES string of the molecule is CC(CCc1ccccc1)Oc1c(C(=O)NC(C)(C)C(=O)O)ccc2cccnc12. The minimum Gasteiger partial charge on any atom is -0.488 e. The van der Waals surface area contributed by atoms with Gasteiger partial charge in [-0.05, 0) is 51.3 Å². The molecule has 6 heteroatoms. The van der Waals surface area contributed by atoms with Crippen LogP contribution in [0.25, 0.3) is 10.9 Å². The molecule has 1 heterocycles. The Hall–Kier alpha value is -3.41. The number of aromatic nitrogens is 1. The van der Waals surface area contributed by atoms with Gasteiger partial charge >= 0.3 is 5.97 Å². The molecule has 1 amide bonds. The number of nitrogens with zero attached hydrogens (tertiary/aromatic N) is 1. The van der Waals surface area contributed by atoms with Crippen molar-refractivity contribution in [2.75, 3.05) is 0 Å². The van der Waals surface area contributed by atoms with E-state index in [-0.39, 0.29) is 11.7 Å².